The normalized spacial score (nSPS) is 29.1. The number of methoxy groups -OCH3 is 1. The molecule has 32 heavy (non-hydrogen) atoms. The molecule has 0 radical (unpaired) electrons. The maximum absolute atomic E-state index is 12.6. The largest absolute Gasteiger partial charge is 0.485 e. The Morgan fingerprint density at radius 3 is 2.72 bits per heavy atom. The Bertz CT molecular complexity index is 1030. The number of ether oxygens (including phenoxy) is 3. The van der Waals surface area contributed by atoms with Gasteiger partial charge in [0.15, 0.2) is 23.6 Å². The lowest BCUT2D eigenvalue weighted by molar-refractivity contribution is -0.126. The summed E-state index contributed by atoms with van der Waals surface area (Å²) in [6, 6.07) is 14.6. The van der Waals surface area contributed by atoms with Crippen LogP contribution in [0.4, 0.5) is 0 Å². The van der Waals surface area contributed by atoms with Crippen LogP contribution in [-0.2, 0) is 22.6 Å². The predicted molar refractivity (Wildman–Crippen MR) is 124 cm³/mol. The molecule has 0 heterocycles. The molecule has 2 aromatic carbocycles. The molecule has 0 aromatic heterocycles. The van der Waals surface area contributed by atoms with Gasteiger partial charge in [0.2, 0.25) is 0 Å². The van der Waals surface area contributed by atoms with Crippen LogP contribution in [0.1, 0.15) is 55.7 Å². The van der Waals surface area contributed by atoms with E-state index in [1.54, 1.807) is 7.11 Å². The maximum atomic E-state index is 12.6. The standard InChI is InChI=1S/C28H32O4/c1-18(30-3)32-26-16-23-20(15-25(26)31-17-19-7-5-4-6-8-19)9-10-22-21(23)13-14-28(2)24(22)11-12-27(28)29/h4-8,11-12,15-16,18,21-22,24H,9-10,13-14,17H2,1-3H3/t18?,21-,22+,24-,28-/m0/s1. The average Bonchev–Trinajstić information content (AvgIpc) is 3.12. The van der Waals surface area contributed by atoms with Crippen molar-refractivity contribution in [2.75, 3.05) is 7.11 Å². The fraction of sp³-hybridized carbons (Fsp3) is 0.464. The SMILES string of the molecule is COC(C)Oc1cc2c(cc1OCc1ccccc1)CC[C@@H]1[C@@H]2CC[C@]2(C)C(=O)C=C[C@@H]12. The van der Waals surface area contributed by atoms with Crippen molar-refractivity contribution < 1.29 is 19.0 Å². The van der Waals surface area contributed by atoms with E-state index < -0.39 is 0 Å². The van der Waals surface area contributed by atoms with Crippen LogP contribution in [0, 0.1) is 17.3 Å². The molecule has 168 valence electrons. The Balaban J connectivity index is 1.46. The topological polar surface area (TPSA) is 44.8 Å². The van der Waals surface area contributed by atoms with Crippen LogP contribution in [-0.4, -0.2) is 19.2 Å². The van der Waals surface area contributed by atoms with Crippen LogP contribution in [0.2, 0.25) is 0 Å². The second-order valence-corrected chi connectivity index (χ2v) is 9.71. The zero-order valence-electron chi connectivity index (χ0n) is 19.2. The van der Waals surface area contributed by atoms with Gasteiger partial charge < -0.3 is 14.2 Å². The third kappa shape index (κ3) is 3.65. The Labute approximate surface area is 190 Å². The highest BCUT2D eigenvalue weighted by Crippen LogP contribution is 2.58. The van der Waals surface area contributed by atoms with Crippen molar-refractivity contribution in [2.45, 2.75) is 58.3 Å². The molecule has 5 atom stereocenters. The molecule has 0 aliphatic heterocycles. The van der Waals surface area contributed by atoms with Gasteiger partial charge in [-0.3, -0.25) is 4.79 Å². The van der Waals surface area contributed by atoms with Crippen LogP contribution in [0.15, 0.2) is 54.6 Å². The van der Waals surface area contributed by atoms with Crippen LogP contribution < -0.4 is 9.47 Å². The summed E-state index contributed by atoms with van der Waals surface area (Å²) in [5.41, 5.74) is 3.63. The van der Waals surface area contributed by atoms with Gasteiger partial charge >= 0.3 is 0 Å². The molecule has 0 saturated heterocycles. The molecule has 0 N–H and O–H groups in total. The first-order valence-electron chi connectivity index (χ1n) is 11.7. The molecule has 0 spiro atoms. The van der Waals surface area contributed by atoms with E-state index in [1.165, 1.54) is 11.1 Å². The van der Waals surface area contributed by atoms with Crippen LogP contribution in [0.25, 0.3) is 0 Å². The van der Waals surface area contributed by atoms with E-state index in [1.807, 2.05) is 31.2 Å². The van der Waals surface area contributed by atoms with Crippen molar-refractivity contribution in [1.29, 1.82) is 0 Å². The molecular formula is C28H32O4. The van der Waals surface area contributed by atoms with E-state index in [4.69, 9.17) is 14.2 Å². The summed E-state index contributed by atoms with van der Waals surface area (Å²) in [7, 11) is 1.65. The molecule has 1 unspecified atom stereocenters. The van der Waals surface area contributed by atoms with Crippen molar-refractivity contribution in [3.63, 3.8) is 0 Å². The number of carbonyl (C=O) groups excluding carboxylic acids is 1. The quantitative estimate of drug-likeness (QED) is 0.538. The molecule has 0 amide bonds. The predicted octanol–water partition coefficient (Wildman–Crippen LogP) is 5.84. The second-order valence-electron chi connectivity index (χ2n) is 9.71. The minimum Gasteiger partial charge on any atom is -0.485 e. The maximum Gasteiger partial charge on any atom is 0.196 e. The number of hydrogen-bond acceptors (Lipinski definition) is 4. The first-order chi connectivity index (χ1) is 15.5. The molecule has 0 bridgehead atoms. The highest BCUT2D eigenvalue weighted by molar-refractivity contribution is 5.97. The first kappa shape index (κ1) is 21.3. The Morgan fingerprint density at radius 1 is 1.12 bits per heavy atom. The number of aryl methyl sites for hydroxylation is 1. The fourth-order valence-corrected chi connectivity index (χ4v) is 6.02. The van der Waals surface area contributed by atoms with Gasteiger partial charge in [-0.25, -0.2) is 0 Å². The number of rotatable bonds is 6. The van der Waals surface area contributed by atoms with Gasteiger partial charge in [0.05, 0.1) is 0 Å². The van der Waals surface area contributed by atoms with Crippen LogP contribution in [0.3, 0.4) is 0 Å². The third-order valence-electron chi connectivity index (χ3n) is 7.92. The number of ketones is 1. The van der Waals surface area contributed by atoms with E-state index in [0.29, 0.717) is 30.1 Å². The van der Waals surface area contributed by atoms with E-state index in [2.05, 4.69) is 37.3 Å². The molecular weight excluding hydrogens is 400 g/mol. The first-order valence-corrected chi connectivity index (χ1v) is 11.7. The molecule has 1 fully saturated rings. The van der Waals surface area contributed by atoms with Gasteiger partial charge in [0.1, 0.15) is 6.61 Å². The van der Waals surface area contributed by atoms with E-state index >= 15 is 0 Å². The smallest absolute Gasteiger partial charge is 0.196 e. The lowest BCUT2D eigenvalue weighted by Crippen LogP contribution is -2.42. The number of fused-ring (bicyclic) bond motifs is 5. The number of hydrogen-bond donors (Lipinski definition) is 0. The molecule has 4 heteroatoms. The summed E-state index contributed by atoms with van der Waals surface area (Å²) < 4.78 is 17.8. The summed E-state index contributed by atoms with van der Waals surface area (Å²) in [6.07, 6.45) is 7.76. The highest BCUT2D eigenvalue weighted by Gasteiger charge is 2.52. The fourth-order valence-electron chi connectivity index (χ4n) is 6.02. The monoisotopic (exact) mass is 432 g/mol. The minimum atomic E-state index is -0.364. The van der Waals surface area contributed by atoms with Crippen molar-refractivity contribution >= 4 is 5.78 Å². The third-order valence-corrected chi connectivity index (χ3v) is 7.92. The van der Waals surface area contributed by atoms with Crippen LogP contribution in [0.5, 0.6) is 11.5 Å². The van der Waals surface area contributed by atoms with Crippen molar-refractivity contribution in [3.8, 4) is 11.5 Å². The second kappa shape index (κ2) is 8.40. The van der Waals surface area contributed by atoms with Crippen molar-refractivity contribution in [3.05, 3.63) is 71.3 Å². The van der Waals surface area contributed by atoms with E-state index in [9.17, 15) is 4.79 Å². The van der Waals surface area contributed by atoms with Gasteiger partial charge in [-0.2, -0.15) is 0 Å². The summed E-state index contributed by atoms with van der Waals surface area (Å²) in [4.78, 5) is 12.6. The summed E-state index contributed by atoms with van der Waals surface area (Å²) in [5.74, 6) is 3.13. The van der Waals surface area contributed by atoms with Gasteiger partial charge in [-0.15, -0.1) is 0 Å². The molecule has 4 nitrogen and oxygen atoms in total. The van der Waals surface area contributed by atoms with E-state index in [0.717, 1.165) is 42.7 Å². The Hall–Kier alpha value is -2.59. The lowest BCUT2D eigenvalue weighted by atomic mass is 9.55. The zero-order chi connectivity index (χ0) is 22.3. The molecule has 3 aliphatic rings. The van der Waals surface area contributed by atoms with Gasteiger partial charge in [0, 0.05) is 12.5 Å². The number of allylic oxidation sites excluding steroid dienone is 2. The van der Waals surface area contributed by atoms with Gasteiger partial charge in [-0.05, 0) is 85.3 Å². The van der Waals surface area contributed by atoms with Crippen molar-refractivity contribution in [2.24, 2.45) is 17.3 Å². The summed E-state index contributed by atoms with van der Waals surface area (Å²) in [6.45, 7) is 4.56. The molecule has 1 saturated carbocycles. The van der Waals surface area contributed by atoms with Crippen molar-refractivity contribution in [1.82, 2.24) is 0 Å². The van der Waals surface area contributed by atoms with E-state index in [-0.39, 0.29) is 11.7 Å². The number of carbonyl (C=O) groups is 1. The summed E-state index contributed by atoms with van der Waals surface area (Å²) in [5, 5.41) is 0. The van der Waals surface area contributed by atoms with Gasteiger partial charge in [0.25, 0.3) is 0 Å². The summed E-state index contributed by atoms with van der Waals surface area (Å²) >= 11 is 0. The minimum absolute atomic E-state index is 0.207. The van der Waals surface area contributed by atoms with Gasteiger partial charge in [-0.1, -0.05) is 43.3 Å². The number of benzene rings is 2. The highest BCUT2D eigenvalue weighted by atomic mass is 16.7. The molecule has 2 aromatic rings. The zero-order valence-corrected chi connectivity index (χ0v) is 19.2. The van der Waals surface area contributed by atoms with Crippen LogP contribution >= 0.6 is 0 Å². The average molecular weight is 433 g/mol. The Kier molecular flexibility index (Phi) is 5.58. The lowest BCUT2D eigenvalue weighted by Gasteiger charge is -2.48. The molecule has 5 rings (SSSR count). The molecule has 3 aliphatic carbocycles. The Morgan fingerprint density at radius 2 is 1.94 bits per heavy atom.